The Morgan fingerprint density at radius 2 is 2.11 bits per heavy atom. The van der Waals surface area contributed by atoms with Gasteiger partial charge in [-0.05, 0) is 31.1 Å². The Morgan fingerprint density at radius 1 is 1.67 bits per heavy atom. The molecule has 1 radical (unpaired) electrons. The predicted octanol–water partition coefficient (Wildman–Crippen LogP) is 2.96. The molecular formula is C9H15. The third-order valence-electron chi connectivity index (χ3n) is 2.00. The van der Waals surface area contributed by atoms with Gasteiger partial charge < -0.3 is 0 Å². The third kappa shape index (κ3) is 1.57. The second-order valence-electron chi connectivity index (χ2n) is 3.80. The summed E-state index contributed by atoms with van der Waals surface area (Å²) in [6.07, 6.45) is 2.48. The largest absolute Gasteiger partial charge is 0.100 e. The number of rotatable bonds is 2. The molecule has 0 bridgehead atoms. The Labute approximate surface area is 58.0 Å². The average molecular weight is 123 g/mol. The van der Waals surface area contributed by atoms with Gasteiger partial charge in [-0.15, -0.1) is 6.58 Å². The smallest absolute Gasteiger partial charge is 0.0139 e. The molecule has 9 heavy (non-hydrogen) atoms. The first-order valence-corrected chi connectivity index (χ1v) is 3.52. The highest BCUT2D eigenvalue weighted by Gasteiger charge is 2.45. The third-order valence-corrected chi connectivity index (χ3v) is 2.00. The van der Waals surface area contributed by atoms with E-state index in [1.807, 2.05) is 0 Å². The molecule has 0 amide bonds. The highest BCUT2D eigenvalue weighted by Crippen LogP contribution is 2.56. The van der Waals surface area contributed by atoms with Gasteiger partial charge in [-0.25, -0.2) is 0 Å². The van der Waals surface area contributed by atoms with Gasteiger partial charge in [0, 0.05) is 0 Å². The summed E-state index contributed by atoms with van der Waals surface area (Å²) in [6, 6.07) is 0. The minimum absolute atomic E-state index is 0.555. The first kappa shape index (κ1) is 6.85. The molecule has 0 aromatic carbocycles. The van der Waals surface area contributed by atoms with Crippen LogP contribution in [0.5, 0.6) is 0 Å². The Kier molecular flexibility index (Phi) is 1.42. The molecule has 0 spiro atoms. The van der Waals surface area contributed by atoms with Crippen LogP contribution in [-0.4, -0.2) is 0 Å². The van der Waals surface area contributed by atoms with Crippen molar-refractivity contribution in [1.82, 2.24) is 0 Å². The minimum atomic E-state index is 0.555. The maximum atomic E-state index is 3.88. The fraction of sp³-hybridized carbons (Fsp3) is 0.667. The SMILES string of the molecule is C=C(C)C[C]1CC1(C)C. The van der Waals surface area contributed by atoms with Crippen molar-refractivity contribution in [2.24, 2.45) is 5.41 Å². The van der Waals surface area contributed by atoms with Crippen molar-refractivity contribution in [3.63, 3.8) is 0 Å². The quantitative estimate of drug-likeness (QED) is 0.495. The summed E-state index contributed by atoms with van der Waals surface area (Å²) >= 11 is 0. The second-order valence-corrected chi connectivity index (χ2v) is 3.80. The maximum Gasteiger partial charge on any atom is -0.0139 e. The van der Waals surface area contributed by atoms with Crippen LogP contribution in [0.25, 0.3) is 0 Å². The predicted molar refractivity (Wildman–Crippen MR) is 41.1 cm³/mol. The van der Waals surface area contributed by atoms with Crippen molar-refractivity contribution in [3.8, 4) is 0 Å². The summed E-state index contributed by atoms with van der Waals surface area (Å²) in [4.78, 5) is 0. The highest BCUT2D eigenvalue weighted by atomic mass is 14.5. The summed E-state index contributed by atoms with van der Waals surface area (Å²) in [5.74, 6) is 1.68. The normalized spacial score (nSPS) is 23.9. The molecule has 0 aromatic heterocycles. The van der Waals surface area contributed by atoms with Crippen molar-refractivity contribution >= 4 is 0 Å². The topological polar surface area (TPSA) is 0 Å². The molecule has 0 aromatic rings. The lowest BCUT2D eigenvalue weighted by Crippen LogP contribution is -1.87. The van der Waals surface area contributed by atoms with Gasteiger partial charge in [0.15, 0.2) is 0 Å². The van der Waals surface area contributed by atoms with E-state index in [0.29, 0.717) is 5.41 Å². The molecule has 0 saturated heterocycles. The highest BCUT2D eigenvalue weighted by molar-refractivity contribution is 5.25. The van der Waals surface area contributed by atoms with Crippen LogP contribution in [0, 0.1) is 11.3 Å². The van der Waals surface area contributed by atoms with E-state index < -0.39 is 0 Å². The van der Waals surface area contributed by atoms with E-state index in [0.717, 1.165) is 6.42 Å². The first-order chi connectivity index (χ1) is 4.02. The second kappa shape index (κ2) is 1.86. The van der Waals surface area contributed by atoms with E-state index in [1.165, 1.54) is 12.0 Å². The van der Waals surface area contributed by atoms with Crippen molar-refractivity contribution < 1.29 is 0 Å². The fourth-order valence-corrected chi connectivity index (χ4v) is 1.16. The van der Waals surface area contributed by atoms with Gasteiger partial charge in [0.25, 0.3) is 0 Å². The van der Waals surface area contributed by atoms with E-state index in [2.05, 4.69) is 27.4 Å². The number of allylic oxidation sites excluding steroid dienone is 1. The Balaban J connectivity index is 2.28. The molecule has 0 N–H and O–H groups in total. The molecule has 0 atom stereocenters. The molecule has 1 rings (SSSR count). The van der Waals surface area contributed by atoms with E-state index >= 15 is 0 Å². The zero-order valence-electron chi connectivity index (χ0n) is 6.62. The van der Waals surface area contributed by atoms with Gasteiger partial charge in [-0.2, -0.15) is 0 Å². The summed E-state index contributed by atoms with van der Waals surface area (Å²) in [5.41, 5.74) is 1.86. The summed E-state index contributed by atoms with van der Waals surface area (Å²) in [6.45, 7) is 10.6. The number of hydrogen-bond donors (Lipinski definition) is 0. The van der Waals surface area contributed by atoms with Crippen LogP contribution in [0.1, 0.15) is 33.6 Å². The molecule has 51 valence electrons. The molecule has 0 heteroatoms. The van der Waals surface area contributed by atoms with Gasteiger partial charge in [0.2, 0.25) is 0 Å². The van der Waals surface area contributed by atoms with Crippen LogP contribution in [0.15, 0.2) is 12.2 Å². The zero-order valence-corrected chi connectivity index (χ0v) is 6.62. The first-order valence-electron chi connectivity index (χ1n) is 3.52. The zero-order chi connectivity index (χ0) is 7.07. The molecule has 0 unspecified atom stereocenters. The lowest BCUT2D eigenvalue weighted by Gasteiger charge is -2.00. The van der Waals surface area contributed by atoms with Crippen LogP contribution in [-0.2, 0) is 0 Å². The standard InChI is InChI=1S/C9H15/c1-7(2)5-8-6-9(8,3)4/h1,5-6H2,2-4H3. The van der Waals surface area contributed by atoms with E-state index in [9.17, 15) is 0 Å². The Hall–Kier alpha value is -0.260. The van der Waals surface area contributed by atoms with E-state index in [4.69, 9.17) is 0 Å². The minimum Gasteiger partial charge on any atom is -0.100 e. The van der Waals surface area contributed by atoms with E-state index in [1.54, 1.807) is 5.92 Å². The van der Waals surface area contributed by atoms with Crippen LogP contribution < -0.4 is 0 Å². The molecule has 0 heterocycles. The molecule has 1 saturated carbocycles. The summed E-state index contributed by atoms with van der Waals surface area (Å²) in [5, 5.41) is 0. The molecular weight excluding hydrogens is 108 g/mol. The van der Waals surface area contributed by atoms with Gasteiger partial charge in [0.1, 0.15) is 0 Å². The van der Waals surface area contributed by atoms with Crippen LogP contribution in [0.4, 0.5) is 0 Å². The fourth-order valence-electron chi connectivity index (χ4n) is 1.16. The van der Waals surface area contributed by atoms with Crippen LogP contribution >= 0.6 is 0 Å². The van der Waals surface area contributed by atoms with Crippen molar-refractivity contribution in [2.75, 3.05) is 0 Å². The maximum absolute atomic E-state index is 3.88. The average Bonchev–Trinajstić information content (AvgIpc) is 2.10. The molecule has 0 aliphatic heterocycles. The molecule has 1 aliphatic carbocycles. The lowest BCUT2D eigenvalue weighted by atomic mass is 10.1. The molecule has 1 fully saturated rings. The monoisotopic (exact) mass is 123 g/mol. The van der Waals surface area contributed by atoms with Crippen LogP contribution in [0.2, 0.25) is 0 Å². The Bertz CT molecular complexity index is 131. The van der Waals surface area contributed by atoms with Gasteiger partial charge in [-0.3, -0.25) is 0 Å². The van der Waals surface area contributed by atoms with Crippen molar-refractivity contribution in [1.29, 1.82) is 0 Å². The van der Waals surface area contributed by atoms with Crippen molar-refractivity contribution in [2.45, 2.75) is 33.6 Å². The number of hydrogen-bond acceptors (Lipinski definition) is 0. The molecule has 1 aliphatic rings. The molecule has 0 nitrogen and oxygen atoms in total. The van der Waals surface area contributed by atoms with Gasteiger partial charge in [0.05, 0.1) is 0 Å². The van der Waals surface area contributed by atoms with Gasteiger partial charge in [-0.1, -0.05) is 19.4 Å². The van der Waals surface area contributed by atoms with Gasteiger partial charge >= 0.3 is 0 Å². The van der Waals surface area contributed by atoms with Crippen LogP contribution in [0.3, 0.4) is 0 Å². The summed E-state index contributed by atoms with van der Waals surface area (Å²) < 4.78 is 0. The van der Waals surface area contributed by atoms with Crippen molar-refractivity contribution in [3.05, 3.63) is 18.1 Å². The summed E-state index contributed by atoms with van der Waals surface area (Å²) in [7, 11) is 0. The Morgan fingerprint density at radius 3 is 2.22 bits per heavy atom. The van der Waals surface area contributed by atoms with E-state index in [-0.39, 0.29) is 0 Å². The lowest BCUT2D eigenvalue weighted by molar-refractivity contribution is 0.654.